The maximum absolute atomic E-state index is 12.1. The highest BCUT2D eigenvalue weighted by Gasteiger charge is 2.10. The molecule has 0 radical (unpaired) electrons. The van der Waals surface area contributed by atoms with Crippen LogP contribution in [0, 0.1) is 6.92 Å². The molecule has 20 heavy (non-hydrogen) atoms. The van der Waals surface area contributed by atoms with Gasteiger partial charge in [-0.25, -0.2) is 0 Å². The highest BCUT2D eigenvalue weighted by atomic mass is 79.9. The zero-order valence-electron chi connectivity index (χ0n) is 11.0. The molecule has 0 fully saturated rings. The van der Waals surface area contributed by atoms with E-state index in [1.54, 1.807) is 24.3 Å². The fourth-order valence-corrected chi connectivity index (χ4v) is 2.59. The van der Waals surface area contributed by atoms with Crippen molar-refractivity contribution in [2.24, 2.45) is 0 Å². The molecule has 2 rings (SSSR count). The van der Waals surface area contributed by atoms with Crippen LogP contribution in [0.4, 0.5) is 8.78 Å². The van der Waals surface area contributed by atoms with Crippen LogP contribution in [0.5, 0.6) is 5.75 Å². The second-order valence-electron chi connectivity index (χ2n) is 4.60. The van der Waals surface area contributed by atoms with Gasteiger partial charge in [-0.2, -0.15) is 8.78 Å². The van der Waals surface area contributed by atoms with Gasteiger partial charge < -0.3 is 4.74 Å². The molecule has 0 aliphatic carbocycles. The number of alkyl halides is 3. The summed E-state index contributed by atoms with van der Waals surface area (Å²) in [5, 5.41) is 0. The molecule has 106 valence electrons. The van der Waals surface area contributed by atoms with Crippen molar-refractivity contribution < 1.29 is 13.5 Å². The van der Waals surface area contributed by atoms with Crippen molar-refractivity contribution in [3.63, 3.8) is 0 Å². The lowest BCUT2D eigenvalue weighted by Crippen LogP contribution is -2.02. The Balaban J connectivity index is 2.01. The first kappa shape index (κ1) is 15.0. The van der Waals surface area contributed by atoms with Gasteiger partial charge in [0.2, 0.25) is 0 Å². The summed E-state index contributed by atoms with van der Waals surface area (Å²) in [6.07, 6.45) is 0.843. The van der Waals surface area contributed by atoms with Crippen molar-refractivity contribution in [2.45, 2.75) is 24.8 Å². The van der Waals surface area contributed by atoms with E-state index in [2.05, 4.69) is 51.9 Å². The van der Waals surface area contributed by atoms with Crippen molar-refractivity contribution in [3.05, 3.63) is 65.2 Å². The lowest BCUT2D eigenvalue weighted by atomic mass is 10.0. The number of hydrogen-bond donors (Lipinski definition) is 0. The molecule has 0 heterocycles. The Morgan fingerprint density at radius 1 is 1.00 bits per heavy atom. The van der Waals surface area contributed by atoms with Gasteiger partial charge in [0, 0.05) is 4.83 Å². The van der Waals surface area contributed by atoms with Crippen molar-refractivity contribution in [1.29, 1.82) is 0 Å². The van der Waals surface area contributed by atoms with E-state index in [1.165, 1.54) is 11.1 Å². The Morgan fingerprint density at radius 3 is 2.15 bits per heavy atom. The highest BCUT2D eigenvalue weighted by Crippen LogP contribution is 2.28. The Kier molecular flexibility index (Phi) is 5.12. The third kappa shape index (κ3) is 4.30. The van der Waals surface area contributed by atoms with Crippen molar-refractivity contribution in [2.75, 3.05) is 0 Å². The van der Waals surface area contributed by atoms with Crippen LogP contribution in [0.25, 0.3) is 0 Å². The molecule has 1 atom stereocenters. The maximum Gasteiger partial charge on any atom is 0.387 e. The molecule has 1 nitrogen and oxygen atoms in total. The largest absolute Gasteiger partial charge is 0.435 e. The monoisotopic (exact) mass is 340 g/mol. The van der Waals surface area contributed by atoms with Crippen LogP contribution >= 0.6 is 15.9 Å². The summed E-state index contributed by atoms with van der Waals surface area (Å²) >= 11 is 3.63. The van der Waals surface area contributed by atoms with Gasteiger partial charge in [-0.3, -0.25) is 0 Å². The predicted molar refractivity (Wildman–Crippen MR) is 79.6 cm³/mol. The molecule has 0 bridgehead atoms. The number of benzene rings is 2. The summed E-state index contributed by atoms with van der Waals surface area (Å²) in [5.74, 6) is 0.179. The van der Waals surface area contributed by atoms with Crippen molar-refractivity contribution in [1.82, 2.24) is 0 Å². The Morgan fingerprint density at radius 2 is 1.60 bits per heavy atom. The molecule has 0 saturated heterocycles. The second kappa shape index (κ2) is 6.84. The molecule has 0 aliphatic heterocycles. The molecule has 0 amide bonds. The second-order valence-corrected chi connectivity index (χ2v) is 5.71. The van der Waals surface area contributed by atoms with Gasteiger partial charge in [-0.15, -0.1) is 0 Å². The van der Waals surface area contributed by atoms with Gasteiger partial charge in [0.15, 0.2) is 0 Å². The summed E-state index contributed by atoms with van der Waals surface area (Å²) in [6, 6.07) is 15.1. The number of hydrogen-bond acceptors (Lipinski definition) is 1. The summed E-state index contributed by atoms with van der Waals surface area (Å²) in [7, 11) is 0. The Bertz CT molecular complexity index is 537. The lowest BCUT2D eigenvalue weighted by Gasteiger charge is -2.12. The smallest absolute Gasteiger partial charge is 0.387 e. The first-order chi connectivity index (χ1) is 9.54. The Labute approximate surface area is 125 Å². The van der Waals surface area contributed by atoms with E-state index in [4.69, 9.17) is 0 Å². The molecule has 2 aromatic rings. The molecule has 0 aliphatic rings. The third-order valence-corrected chi connectivity index (χ3v) is 3.85. The number of rotatable bonds is 5. The van der Waals surface area contributed by atoms with Gasteiger partial charge in [-0.05, 0) is 36.6 Å². The standard InChI is InChI=1S/C16H15BrF2O/c1-11-2-4-12(5-3-11)10-15(17)13-6-8-14(9-7-13)20-16(18)19/h2-9,15-16H,10H2,1H3. The molecule has 0 spiro atoms. The van der Waals surface area contributed by atoms with Gasteiger partial charge >= 0.3 is 6.61 Å². The maximum atomic E-state index is 12.1. The predicted octanol–water partition coefficient (Wildman–Crippen LogP) is 5.28. The fourth-order valence-electron chi connectivity index (χ4n) is 1.91. The van der Waals surface area contributed by atoms with Crippen LogP contribution in [-0.4, -0.2) is 6.61 Å². The normalized spacial score (nSPS) is 12.4. The van der Waals surface area contributed by atoms with Crippen LogP contribution in [-0.2, 0) is 6.42 Å². The van der Waals surface area contributed by atoms with Gasteiger partial charge in [0.1, 0.15) is 5.75 Å². The van der Waals surface area contributed by atoms with E-state index in [0.717, 1.165) is 12.0 Å². The van der Waals surface area contributed by atoms with E-state index >= 15 is 0 Å². The average molecular weight is 341 g/mol. The minimum absolute atomic E-state index is 0.144. The van der Waals surface area contributed by atoms with Crippen LogP contribution in [0.2, 0.25) is 0 Å². The number of aryl methyl sites for hydroxylation is 1. The molecule has 0 N–H and O–H groups in total. The zero-order valence-corrected chi connectivity index (χ0v) is 12.6. The molecule has 0 saturated carbocycles. The van der Waals surface area contributed by atoms with E-state index in [9.17, 15) is 8.78 Å². The van der Waals surface area contributed by atoms with Crippen LogP contribution < -0.4 is 4.74 Å². The first-order valence-corrected chi connectivity index (χ1v) is 7.20. The Hall–Kier alpha value is -1.42. The first-order valence-electron chi connectivity index (χ1n) is 6.29. The van der Waals surface area contributed by atoms with E-state index in [-0.39, 0.29) is 10.6 Å². The molecule has 0 aromatic heterocycles. The quantitative estimate of drug-likeness (QED) is 0.673. The van der Waals surface area contributed by atoms with Gasteiger partial charge in [0.25, 0.3) is 0 Å². The van der Waals surface area contributed by atoms with Crippen LogP contribution in [0.1, 0.15) is 21.5 Å². The molecular weight excluding hydrogens is 326 g/mol. The van der Waals surface area contributed by atoms with E-state index in [1.807, 2.05) is 0 Å². The summed E-state index contributed by atoms with van der Waals surface area (Å²) in [4.78, 5) is 0.144. The van der Waals surface area contributed by atoms with Crippen LogP contribution in [0.15, 0.2) is 48.5 Å². The van der Waals surface area contributed by atoms with Gasteiger partial charge in [0.05, 0.1) is 0 Å². The minimum atomic E-state index is -2.78. The summed E-state index contributed by atoms with van der Waals surface area (Å²) in [6.45, 7) is -0.731. The molecule has 2 aromatic carbocycles. The molecular formula is C16H15BrF2O. The fraction of sp³-hybridized carbons (Fsp3) is 0.250. The van der Waals surface area contributed by atoms with Crippen molar-refractivity contribution in [3.8, 4) is 5.75 Å². The minimum Gasteiger partial charge on any atom is -0.435 e. The summed E-state index contributed by atoms with van der Waals surface area (Å²) < 4.78 is 28.5. The summed E-state index contributed by atoms with van der Waals surface area (Å²) in [5.41, 5.74) is 3.49. The van der Waals surface area contributed by atoms with Crippen LogP contribution in [0.3, 0.4) is 0 Å². The van der Waals surface area contributed by atoms with Gasteiger partial charge in [-0.1, -0.05) is 57.9 Å². The highest BCUT2D eigenvalue weighted by molar-refractivity contribution is 9.09. The average Bonchev–Trinajstić information content (AvgIpc) is 2.41. The third-order valence-electron chi connectivity index (χ3n) is 3.00. The number of ether oxygens (including phenoxy) is 1. The lowest BCUT2D eigenvalue weighted by molar-refractivity contribution is -0.0498. The van der Waals surface area contributed by atoms with Crippen molar-refractivity contribution >= 4 is 15.9 Å². The SMILES string of the molecule is Cc1ccc(CC(Br)c2ccc(OC(F)F)cc2)cc1. The van der Waals surface area contributed by atoms with E-state index in [0.29, 0.717) is 0 Å². The topological polar surface area (TPSA) is 9.23 Å². The molecule has 4 heteroatoms. The molecule has 1 unspecified atom stereocenters. The van der Waals surface area contributed by atoms with E-state index < -0.39 is 6.61 Å². The number of halogens is 3. The zero-order chi connectivity index (χ0) is 14.5.